The molecule has 4 nitrogen and oxygen atoms in total. The largest absolute Gasteiger partial charge is 0.461 e. The Morgan fingerprint density at radius 3 is 2.82 bits per heavy atom. The van der Waals surface area contributed by atoms with Gasteiger partial charge in [-0.1, -0.05) is 0 Å². The van der Waals surface area contributed by atoms with E-state index in [-0.39, 0.29) is 18.0 Å². The molecule has 1 aromatic carbocycles. The summed E-state index contributed by atoms with van der Waals surface area (Å²) >= 11 is 0. The van der Waals surface area contributed by atoms with Crippen LogP contribution in [0.25, 0.3) is 0 Å². The first-order valence-electron chi connectivity index (χ1n) is 4.97. The van der Waals surface area contributed by atoms with Gasteiger partial charge in [-0.15, -0.1) is 0 Å². The lowest BCUT2D eigenvalue weighted by Gasteiger charge is -2.04. The van der Waals surface area contributed by atoms with Crippen molar-refractivity contribution >= 4 is 17.4 Å². The van der Waals surface area contributed by atoms with Crippen molar-refractivity contribution in [3.63, 3.8) is 0 Å². The van der Waals surface area contributed by atoms with Crippen LogP contribution in [-0.4, -0.2) is 18.3 Å². The van der Waals surface area contributed by atoms with E-state index in [0.717, 1.165) is 18.2 Å². The van der Waals surface area contributed by atoms with Gasteiger partial charge in [-0.2, -0.15) is 5.10 Å². The van der Waals surface area contributed by atoms with Gasteiger partial charge in [0.2, 0.25) is 0 Å². The third-order valence-electron chi connectivity index (χ3n) is 1.84. The molecule has 1 rings (SSSR count). The van der Waals surface area contributed by atoms with E-state index in [1.165, 1.54) is 6.92 Å². The molecule has 0 aliphatic rings. The Hall–Kier alpha value is -1.98. The maximum atomic E-state index is 13.2. The molecule has 0 saturated carbocycles. The van der Waals surface area contributed by atoms with Crippen LogP contribution in [-0.2, 0) is 9.53 Å². The van der Waals surface area contributed by atoms with Gasteiger partial charge in [0.25, 0.3) is 0 Å². The normalized spacial score (nSPS) is 11.2. The maximum Gasteiger partial charge on any atom is 0.354 e. The van der Waals surface area contributed by atoms with Gasteiger partial charge in [0.1, 0.15) is 17.3 Å². The highest BCUT2D eigenvalue weighted by atomic mass is 19.1. The van der Waals surface area contributed by atoms with Gasteiger partial charge in [0.05, 0.1) is 12.3 Å². The fourth-order valence-corrected chi connectivity index (χ4v) is 1.01. The molecule has 0 atom stereocenters. The smallest absolute Gasteiger partial charge is 0.354 e. The Bertz CT molecular complexity index is 447. The molecule has 0 bridgehead atoms. The number of esters is 1. The van der Waals surface area contributed by atoms with Crippen molar-refractivity contribution in [2.75, 3.05) is 12.0 Å². The Balaban J connectivity index is 2.75. The summed E-state index contributed by atoms with van der Waals surface area (Å²) in [5.74, 6) is -1.87. The standard InChI is InChI=1S/C11H12F2N2O2/c1-3-17-11(16)7(2)14-15-10-6-8(12)4-5-9(10)13/h4-6,15H,3H2,1-2H3. The summed E-state index contributed by atoms with van der Waals surface area (Å²) in [4.78, 5) is 11.2. The number of benzene rings is 1. The lowest BCUT2D eigenvalue weighted by atomic mass is 10.3. The number of hydrazone groups is 1. The van der Waals surface area contributed by atoms with Crippen molar-refractivity contribution in [3.05, 3.63) is 29.8 Å². The number of rotatable bonds is 4. The minimum atomic E-state index is -0.660. The third-order valence-corrected chi connectivity index (χ3v) is 1.84. The van der Waals surface area contributed by atoms with Crippen LogP contribution in [0.2, 0.25) is 0 Å². The Morgan fingerprint density at radius 1 is 1.47 bits per heavy atom. The molecular weight excluding hydrogens is 230 g/mol. The van der Waals surface area contributed by atoms with Gasteiger partial charge in [-0.3, -0.25) is 5.43 Å². The number of ether oxygens (including phenoxy) is 1. The van der Waals surface area contributed by atoms with Gasteiger partial charge < -0.3 is 4.74 Å². The average Bonchev–Trinajstić information content (AvgIpc) is 2.30. The van der Waals surface area contributed by atoms with Gasteiger partial charge >= 0.3 is 5.97 Å². The lowest BCUT2D eigenvalue weighted by molar-refractivity contribution is -0.135. The summed E-state index contributed by atoms with van der Waals surface area (Å²) in [6, 6.07) is 2.90. The minimum Gasteiger partial charge on any atom is -0.461 e. The van der Waals surface area contributed by atoms with E-state index in [1.54, 1.807) is 6.92 Å². The monoisotopic (exact) mass is 242 g/mol. The minimum absolute atomic E-state index is 0.0236. The van der Waals surface area contributed by atoms with E-state index in [9.17, 15) is 13.6 Å². The van der Waals surface area contributed by atoms with Crippen LogP contribution in [0.4, 0.5) is 14.5 Å². The molecule has 0 fully saturated rings. The van der Waals surface area contributed by atoms with E-state index in [1.807, 2.05) is 0 Å². The van der Waals surface area contributed by atoms with E-state index in [4.69, 9.17) is 0 Å². The predicted octanol–water partition coefficient (Wildman–Crippen LogP) is 2.32. The molecule has 0 heterocycles. The fourth-order valence-electron chi connectivity index (χ4n) is 1.01. The van der Waals surface area contributed by atoms with Gasteiger partial charge in [0, 0.05) is 6.07 Å². The van der Waals surface area contributed by atoms with Crippen LogP contribution in [0, 0.1) is 11.6 Å². The maximum absolute atomic E-state index is 13.2. The number of anilines is 1. The summed E-state index contributed by atoms with van der Waals surface area (Å²) in [5.41, 5.74) is 2.14. The molecule has 6 heteroatoms. The molecule has 0 aliphatic heterocycles. The molecule has 92 valence electrons. The highest BCUT2D eigenvalue weighted by molar-refractivity contribution is 6.35. The number of nitrogens with one attached hydrogen (secondary N) is 1. The molecule has 17 heavy (non-hydrogen) atoms. The summed E-state index contributed by atoms with van der Waals surface area (Å²) in [6.45, 7) is 3.28. The summed E-state index contributed by atoms with van der Waals surface area (Å²) in [7, 11) is 0. The zero-order valence-electron chi connectivity index (χ0n) is 9.46. The number of carbonyl (C=O) groups is 1. The van der Waals surface area contributed by atoms with Crippen LogP contribution < -0.4 is 5.43 Å². The van der Waals surface area contributed by atoms with Crippen LogP contribution in [0.15, 0.2) is 23.3 Å². The van der Waals surface area contributed by atoms with E-state index in [0.29, 0.717) is 0 Å². The first-order chi connectivity index (χ1) is 8.04. The number of halogens is 2. The van der Waals surface area contributed by atoms with E-state index in [2.05, 4.69) is 15.3 Å². The summed E-state index contributed by atoms with van der Waals surface area (Å²) < 4.78 is 30.6. The van der Waals surface area contributed by atoms with Crippen LogP contribution in [0.5, 0.6) is 0 Å². The second kappa shape index (κ2) is 5.93. The Labute approximate surface area is 97.3 Å². The van der Waals surface area contributed by atoms with Gasteiger partial charge in [-0.25, -0.2) is 13.6 Å². The van der Waals surface area contributed by atoms with Crippen molar-refractivity contribution in [2.45, 2.75) is 13.8 Å². The molecular formula is C11H12F2N2O2. The molecule has 0 aromatic heterocycles. The predicted molar refractivity (Wildman–Crippen MR) is 59.7 cm³/mol. The Kier molecular flexibility index (Phi) is 4.56. The number of nitrogens with zero attached hydrogens (tertiary/aromatic N) is 1. The third kappa shape index (κ3) is 3.82. The van der Waals surface area contributed by atoms with Gasteiger partial charge in [-0.05, 0) is 26.0 Å². The first kappa shape index (κ1) is 13.1. The van der Waals surface area contributed by atoms with Crippen LogP contribution in [0.3, 0.4) is 0 Å². The molecule has 0 radical (unpaired) electrons. The summed E-state index contributed by atoms with van der Waals surface area (Å²) in [5, 5.41) is 3.60. The highest BCUT2D eigenvalue weighted by Gasteiger charge is 2.07. The lowest BCUT2D eigenvalue weighted by Crippen LogP contribution is -2.15. The molecule has 0 amide bonds. The second-order valence-electron chi connectivity index (χ2n) is 3.15. The molecule has 0 aliphatic carbocycles. The average molecular weight is 242 g/mol. The molecule has 1 N–H and O–H groups in total. The fraction of sp³-hybridized carbons (Fsp3) is 0.273. The van der Waals surface area contributed by atoms with Crippen molar-refractivity contribution in [2.24, 2.45) is 5.10 Å². The van der Waals surface area contributed by atoms with Crippen molar-refractivity contribution in [1.82, 2.24) is 0 Å². The first-order valence-corrected chi connectivity index (χ1v) is 4.97. The topological polar surface area (TPSA) is 50.7 Å². The quantitative estimate of drug-likeness (QED) is 0.500. The zero-order valence-corrected chi connectivity index (χ0v) is 9.46. The molecule has 0 saturated heterocycles. The van der Waals surface area contributed by atoms with Crippen LogP contribution in [0.1, 0.15) is 13.8 Å². The SMILES string of the molecule is CCOC(=O)C(C)=NNc1cc(F)ccc1F. The number of carbonyl (C=O) groups excluding carboxylic acids is 1. The highest BCUT2D eigenvalue weighted by Crippen LogP contribution is 2.14. The molecule has 1 aromatic rings. The van der Waals surface area contributed by atoms with E-state index < -0.39 is 17.6 Å². The summed E-state index contributed by atoms with van der Waals surface area (Å²) in [6.07, 6.45) is 0. The zero-order chi connectivity index (χ0) is 12.8. The number of hydrogen-bond donors (Lipinski definition) is 1. The van der Waals surface area contributed by atoms with Gasteiger partial charge in [0.15, 0.2) is 0 Å². The van der Waals surface area contributed by atoms with Crippen molar-refractivity contribution < 1.29 is 18.3 Å². The number of hydrogen-bond acceptors (Lipinski definition) is 4. The molecule has 0 spiro atoms. The molecule has 0 unspecified atom stereocenters. The second-order valence-corrected chi connectivity index (χ2v) is 3.15. The van der Waals surface area contributed by atoms with Crippen molar-refractivity contribution in [1.29, 1.82) is 0 Å². The van der Waals surface area contributed by atoms with Crippen LogP contribution >= 0.6 is 0 Å². The Morgan fingerprint density at radius 2 is 2.18 bits per heavy atom. The van der Waals surface area contributed by atoms with E-state index >= 15 is 0 Å². The van der Waals surface area contributed by atoms with Crippen molar-refractivity contribution in [3.8, 4) is 0 Å².